The number of hydrogen-bond acceptors (Lipinski definition) is 3. The van der Waals surface area contributed by atoms with Gasteiger partial charge in [0.05, 0.1) is 11.4 Å². The number of benzene rings is 5. The quantitative estimate of drug-likeness (QED) is 0.162. The highest BCUT2D eigenvalue weighted by molar-refractivity contribution is 5.91. The molecule has 8 saturated carbocycles. The molecule has 2 aromatic heterocycles. The van der Waals surface area contributed by atoms with Crippen LogP contribution in [0.15, 0.2) is 138 Å². The number of hydrogen-bond donors (Lipinski definition) is 0. The van der Waals surface area contributed by atoms with Crippen molar-refractivity contribution in [2.24, 2.45) is 35.5 Å². The van der Waals surface area contributed by atoms with Crippen molar-refractivity contribution in [1.82, 2.24) is 9.97 Å². The molecular formula is C56H52N2O. The van der Waals surface area contributed by atoms with Crippen LogP contribution in [0.1, 0.15) is 88.2 Å². The molecule has 2 heterocycles. The molecule has 0 aliphatic heterocycles. The first kappa shape index (κ1) is 34.6. The van der Waals surface area contributed by atoms with E-state index in [2.05, 4.69) is 120 Å². The summed E-state index contributed by atoms with van der Waals surface area (Å²) in [7, 11) is 0. The van der Waals surface area contributed by atoms with E-state index in [9.17, 15) is 0 Å². The predicted octanol–water partition coefficient (Wildman–Crippen LogP) is 14.5. The minimum Gasteiger partial charge on any atom is -0.443 e. The summed E-state index contributed by atoms with van der Waals surface area (Å²) in [5, 5.41) is 0. The molecule has 8 aliphatic carbocycles. The van der Waals surface area contributed by atoms with Crippen molar-refractivity contribution < 1.29 is 4.42 Å². The second kappa shape index (κ2) is 13.1. The fourth-order valence-electron chi connectivity index (χ4n) is 14.8. The Bertz CT molecular complexity index is 2540. The van der Waals surface area contributed by atoms with Gasteiger partial charge < -0.3 is 4.42 Å². The van der Waals surface area contributed by atoms with Crippen LogP contribution in [0.25, 0.3) is 67.0 Å². The lowest BCUT2D eigenvalue weighted by Gasteiger charge is -2.57. The van der Waals surface area contributed by atoms with E-state index in [1.165, 1.54) is 117 Å². The predicted molar refractivity (Wildman–Crippen MR) is 239 cm³/mol. The van der Waals surface area contributed by atoms with Crippen LogP contribution in [0.3, 0.4) is 0 Å². The summed E-state index contributed by atoms with van der Waals surface area (Å²) in [6.45, 7) is 0. The molecule has 0 saturated heterocycles. The van der Waals surface area contributed by atoms with E-state index in [0.717, 1.165) is 69.1 Å². The standard InChI is InChI=1S/C56H52N2O/c1-3-45(25-46(4-1)50-5-2-6-53-54(50)57-34-59-53)41-7-9-42(10-8-41)47-26-51(43-11-15-48(16-12-43)55-28-35-19-36(29-55)21-37(20-35)30-55)58-52(27-47)44-13-17-49(18-14-44)56-31-38-22-39(32-56)24-40(23-38)33-56/h1-18,25-27,34-40H,19-24,28-33H2. The van der Waals surface area contributed by atoms with Crippen LogP contribution in [0.4, 0.5) is 0 Å². The van der Waals surface area contributed by atoms with Gasteiger partial charge in [0.15, 0.2) is 12.0 Å². The molecule has 0 radical (unpaired) electrons. The molecule has 15 rings (SSSR count). The zero-order chi connectivity index (χ0) is 38.7. The lowest BCUT2D eigenvalue weighted by Crippen LogP contribution is -2.48. The number of fused-ring (bicyclic) bond motifs is 1. The third kappa shape index (κ3) is 5.81. The highest BCUT2D eigenvalue weighted by Gasteiger charge is 2.52. The second-order valence-corrected chi connectivity index (χ2v) is 20.3. The number of rotatable bonds is 7. The largest absolute Gasteiger partial charge is 0.443 e. The van der Waals surface area contributed by atoms with Crippen LogP contribution in [-0.4, -0.2) is 9.97 Å². The van der Waals surface area contributed by atoms with Crippen molar-refractivity contribution in [2.75, 3.05) is 0 Å². The summed E-state index contributed by atoms with van der Waals surface area (Å²) in [6, 6.07) is 48.1. The Hall–Kier alpha value is -5.28. The van der Waals surface area contributed by atoms with E-state index in [1.807, 2.05) is 12.1 Å². The van der Waals surface area contributed by atoms with Crippen LogP contribution >= 0.6 is 0 Å². The molecule has 7 aromatic rings. The molecule has 8 aliphatic rings. The Morgan fingerprint density at radius 3 is 1.36 bits per heavy atom. The summed E-state index contributed by atoms with van der Waals surface area (Å²) in [5.41, 5.74) is 17.2. The molecule has 0 atom stereocenters. The van der Waals surface area contributed by atoms with Crippen molar-refractivity contribution in [3.05, 3.63) is 145 Å². The van der Waals surface area contributed by atoms with Gasteiger partial charge in [0.1, 0.15) is 5.52 Å². The maximum atomic E-state index is 5.61. The Morgan fingerprint density at radius 2 is 0.847 bits per heavy atom. The van der Waals surface area contributed by atoms with Gasteiger partial charge in [-0.25, -0.2) is 9.97 Å². The molecule has 292 valence electrons. The fourth-order valence-corrected chi connectivity index (χ4v) is 14.8. The normalized spacial score (nSPS) is 30.0. The molecule has 3 heteroatoms. The van der Waals surface area contributed by atoms with Gasteiger partial charge in [-0.15, -0.1) is 0 Å². The zero-order valence-electron chi connectivity index (χ0n) is 34.0. The van der Waals surface area contributed by atoms with Gasteiger partial charge >= 0.3 is 0 Å². The molecule has 8 bridgehead atoms. The van der Waals surface area contributed by atoms with Crippen molar-refractivity contribution in [3.63, 3.8) is 0 Å². The fraction of sp³-hybridized carbons (Fsp3) is 0.357. The number of nitrogens with zero attached hydrogens (tertiary/aromatic N) is 2. The molecule has 8 fully saturated rings. The smallest absolute Gasteiger partial charge is 0.182 e. The zero-order valence-corrected chi connectivity index (χ0v) is 34.0. The third-order valence-corrected chi connectivity index (χ3v) is 16.6. The lowest BCUT2D eigenvalue weighted by atomic mass is 9.48. The Kier molecular flexibility index (Phi) is 7.68. The maximum Gasteiger partial charge on any atom is 0.182 e. The van der Waals surface area contributed by atoms with E-state index in [1.54, 1.807) is 11.1 Å². The summed E-state index contributed by atoms with van der Waals surface area (Å²) in [6.07, 6.45) is 18.8. The minimum atomic E-state index is 0.400. The van der Waals surface area contributed by atoms with Gasteiger partial charge in [-0.1, -0.05) is 103 Å². The second-order valence-electron chi connectivity index (χ2n) is 20.3. The lowest BCUT2D eigenvalue weighted by molar-refractivity contribution is -0.00530. The van der Waals surface area contributed by atoms with Crippen LogP contribution in [0.5, 0.6) is 0 Å². The molecule has 3 nitrogen and oxygen atoms in total. The Labute approximate surface area is 348 Å². The summed E-state index contributed by atoms with van der Waals surface area (Å²) >= 11 is 0. The van der Waals surface area contributed by atoms with Crippen molar-refractivity contribution in [2.45, 2.75) is 87.9 Å². The average molecular weight is 769 g/mol. The molecule has 0 N–H and O–H groups in total. The van der Waals surface area contributed by atoms with Crippen molar-refractivity contribution in [3.8, 4) is 55.9 Å². The Balaban J connectivity index is 0.851. The number of pyridine rings is 1. The molecule has 0 amide bonds. The van der Waals surface area contributed by atoms with Crippen LogP contribution < -0.4 is 0 Å². The van der Waals surface area contributed by atoms with E-state index in [0.29, 0.717) is 10.8 Å². The number of aromatic nitrogens is 2. The number of oxazole rings is 1. The van der Waals surface area contributed by atoms with Gasteiger partial charge in [0.25, 0.3) is 0 Å². The summed E-state index contributed by atoms with van der Waals surface area (Å²) < 4.78 is 5.61. The van der Waals surface area contributed by atoms with Crippen molar-refractivity contribution >= 4 is 11.1 Å². The van der Waals surface area contributed by atoms with Gasteiger partial charge in [0.2, 0.25) is 0 Å². The highest BCUT2D eigenvalue weighted by atomic mass is 16.3. The molecule has 5 aromatic carbocycles. The first-order valence-corrected chi connectivity index (χ1v) is 22.8. The van der Waals surface area contributed by atoms with E-state index < -0.39 is 0 Å². The molecular weight excluding hydrogens is 717 g/mol. The topological polar surface area (TPSA) is 38.9 Å². The summed E-state index contributed by atoms with van der Waals surface area (Å²) in [5.74, 6) is 5.67. The molecule has 0 unspecified atom stereocenters. The summed E-state index contributed by atoms with van der Waals surface area (Å²) in [4.78, 5) is 9.97. The van der Waals surface area contributed by atoms with Crippen LogP contribution in [0, 0.1) is 35.5 Å². The van der Waals surface area contributed by atoms with Crippen LogP contribution in [-0.2, 0) is 10.8 Å². The van der Waals surface area contributed by atoms with E-state index in [4.69, 9.17) is 9.40 Å². The SMILES string of the molecule is c1cc(-c2ccc(-c3cc(-c4ccc(C56CC7CC(CC(C7)C5)C6)cc4)nc(-c4ccc(C56CC7CC(CC(C7)C5)C6)cc4)c3)cc2)cc(-c2cccc3ocnc23)c1. The Morgan fingerprint density at radius 1 is 0.407 bits per heavy atom. The first-order valence-electron chi connectivity index (χ1n) is 22.8. The van der Waals surface area contributed by atoms with Gasteiger partial charge in [0, 0.05) is 16.7 Å². The van der Waals surface area contributed by atoms with E-state index >= 15 is 0 Å². The minimum absolute atomic E-state index is 0.400. The van der Waals surface area contributed by atoms with Crippen LogP contribution in [0.2, 0.25) is 0 Å². The molecule has 59 heavy (non-hydrogen) atoms. The van der Waals surface area contributed by atoms with Gasteiger partial charge in [-0.3, -0.25) is 0 Å². The van der Waals surface area contributed by atoms with Gasteiger partial charge in [-0.05, 0) is 187 Å². The monoisotopic (exact) mass is 768 g/mol. The average Bonchev–Trinajstić information content (AvgIpc) is 3.75. The third-order valence-electron chi connectivity index (χ3n) is 16.6. The van der Waals surface area contributed by atoms with Gasteiger partial charge in [-0.2, -0.15) is 0 Å². The first-order chi connectivity index (χ1) is 29.0. The van der Waals surface area contributed by atoms with Crippen molar-refractivity contribution in [1.29, 1.82) is 0 Å². The highest BCUT2D eigenvalue weighted by Crippen LogP contribution is 2.62. The maximum absolute atomic E-state index is 5.61. The number of para-hydroxylation sites is 1. The molecule has 0 spiro atoms. The van der Waals surface area contributed by atoms with E-state index in [-0.39, 0.29) is 0 Å².